The average Bonchev–Trinajstić information content (AvgIpc) is 2.19. The van der Waals surface area contributed by atoms with Gasteiger partial charge in [0.05, 0.1) is 12.7 Å². The minimum absolute atomic E-state index is 0.0706. The number of rotatable bonds is 4. The van der Waals surface area contributed by atoms with Gasteiger partial charge in [-0.25, -0.2) is 4.79 Å². The normalized spacial score (nSPS) is 9.88. The Kier molecular flexibility index (Phi) is 3.55. The summed E-state index contributed by atoms with van der Waals surface area (Å²) >= 11 is 0. The number of carboxylic acids is 1. The van der Waals surface area contributed by atoms with E-state index in [9.17, 15) is 9.90 Å². The minimum Gasteiger partial charge on any atom is -0.504 e. The second kappa shape index (κ2) is 4.70. The number of hydrogen-bond donors (Lipinski definition) is 2. The van der Waals surface area contributed by atoms with Crippen LogP contribution in [0.1, 0.15) is 22.8 Å². The summed E-state index contributed by atoms with van der Waals surface area (Å²) in [4.78, 5) is 11.0. The molecule has 0 aliphatic carbocycles. The SMILES string of the molecule is C=C(C)Cc1c(C(=O)O)ccc(OC)c1O. The van der Waals surface area contributed by atoms with Crippen molar-refractivity contribution >= 4 is 5.97 Å². The van der Waals surface area contributed by atoms with Gasteiger partial charge < -0.3 is 14.9 Å². The molecule has 0 saturated carbocycles. The molecule has 0 aliphatic heterocycles. The molecule has 0 unspecified atom stereocenters. The number of benzene rings is 1. The molecule has 4 nitrogen and oxygen atoms in total. The number of phenols is 1. The molecule has 0 saturated heterocycles. The predicted molar refractivity (Wildman–Crippen MR) is 60.1 cm³/mol. The van der Waals surface area contributed by atoms with Crippen LogP contribution in [0.5, 0.6) is 11.5 Å². The third-order valence-corrected chi connectivity index (χ3v) is 2.17. The highest BCUT2D eigenvalue weighted by atomic mass is 16.5. The minimum atomic E-state index is -1.07. The molecule has 0 atom stereocenters. The van der Waals surface area contributed by atoms with E-state index in [4.69, 9.17) is 9.84 Å². The molecule has 1 aromatic rings. The molecule has 0 bridgehead atoms. The van der Waals surface area contributed by atoms with Gasteiger partial charge in [-0.1, -0.05) is 12.2 Å². The van der Waals surface area contributed by atoms with E-state index >= 15 is 0 Å². The number of phenolic OH excluding ortho intramolecular Hbond substituents is 1. The predicted octanol–water partition coefficient (Wildman–Crippen LogP) is 2.22. The Morgan fingerprint density at radius 2 is 2.12 bits per heavy atom. The summed E-state index contributed by atoms with van der Waals surface area (Å²) in [6.45, 7) is 5.47. The zero-order valence-corrected chi connectivity index (χ0v) is 9.28. The molecule has 1 rings (SSSR count). The van der Waals surface area contributed by atoms with Gasteiger partial charge in [0, 0.05) is 5.56 Å². The number of allylic oxidation sites excluding steroid dienone is 1. The Hall–Kier alpha value is -1.97. The van der Waals surface area contributed by atoms with Crippen LogP contribution < -0.4 is 4.74 Å². The highest BCUT2D eigenvalue weighted by molar-refractivity contribution is 5.91. The van der Waals surface area contributed by atoms with Crippen molar-refractivity contribution < 1.29 is 19.7 Å². The Morgan fingerprint density at radius 3 is 2.56 bits per heavy atom. The molecular weight excluding hydrogens is 208 g/mol. The molecule has 0 radical (unpaired) electrons. The number of methoxy groups -OCH3 is 1. The molecule has 86 valence electrons. The number of carbonyl (C=O) groups is 1. The van der Waals surface area contributed by atoms with Gasteiger partial charge in [0.25, 0.3) is 0 Å². The van der Waals surface area contributed by atoms with E-state index in [2.05, 4.69) is 6.58 Å². The molecule has 1 aromatic carbocycles. The molecule has 0 heterocycles. The summed E-state index contributed by atoms with van der Waals surface area (Å²) in [6.07, 6.45) is 0.310. The van der Waals surface area contributed by atoms with Crippen LogP contribution in [-0.4, -0.2) is 23.3 Å². The molecule has 0 fully saturated rings. The molecule has 0 amide bonds. The van der Waals surface area contributed by atoms with Gasteiger partial charge in [0.1, 0.15) is 0 Å². The monoisotopic (exact) mass is 222 g/mol. The molecule has 0 spiro atoms. The van der Waals surface area contributed by atoms with Gasteiger partial charge >= 0.3 is 5.97 Å². The second-order valence-corrected chi connectivity index (χ2v) is 3.58. The number of carboxylic acid groups (broad SMARTS) is 1. The summed E-state index contributed by atoms with van der Waals surface area (Å²) in [5.41, 5.74) is 1.17. The van der Waals surface area contributed by atoms with Crippen molar-refractivity contribution in [1.82, 2.24) is 0 Å². The maximum absolute atomic E-state index is 11.0. The zero-order valence-electron chi connectivity index (χ0n) is 9.28. The first-order valence-corrected chi connectivity index (χ1v) is 4.74. The smallest absolute Gasteiger partial charge is 0.336 e. The van der Waals surface area contributed by atoms with Crippen molar-refractivity contribution in [2.24, 2.45) is 0 Å². The van der Waals surface area contributed by atoms with Crippen LogP contribution in [0.25, 0.3) is 0 Å². The van der Waals surface area contributed by atoms with E-state index in [1.807, 2.05) is 0 Å². The van der Waals surface area contributed by atoms with Gasteiger partial charge in [0.15, 0.2) is 11.5 Å². The zero-order chi connectivity index (χ0) is 12.3. The first-order valence-electron chi connectivity index (χ1n) is 4.74. The molecule has 0 aromatic heterocycles. The third-order valence-electron chi connectivity index (χ3n) is 2.17. The van der Waals surface area contributed by atoms with E-state index in [0.29, 0.717) is 12.0 Å². The molecule has 16 heavy (non-hydrogen) atoms. The van der Waals surface area contributed by atoms with Gasteiger partial charge in [-0.05, 0) is 25.5 Å². The van der Waals surface area contributed by atoms with Crippen LogP contribution in [-0.2, 0) is 6.42 Å². The second-order valence-electron chi connectivity index (χ2n) is 3.58. The topological polar surface area (TPSA) is 66.8 Å². The number of ether oxygens (including phenoxy) is 1. The Balaban J connectivity index is 3.36. The fourth-order valence-corrected chi connectivity index (χ4v) is 1.46. The van der Waals surface area contributed by atoms with Crippen LogP contribution in [0.3, 0.4) is 0 Å². The van der Waals surface area contributed by atoms with Crippen molar-refractivity contribution in [2.45, 2.75) is 13.3 Å². The van der Waals surface area contributed by atoms with Crippen molar-refractivity contribution in [3.05, 3.63) is 35.4 Å². The fraction of sp³-hybridized carbons (Fsp3) is 0.250. The van der Waals surface area contributed by atoms with E-state index in [-0.39, 0.29) is 17.1 Å². The summed E-state index contributed by atoms with van der Waals surface area (Å²) in [7, 11) is 1.42. The molecule has 0 aliphatic rings. The third kappa shape index (κ3) is 2.34. The van der Waals surface area contributed by atoms with E-state index in [1.165, 1.54) is 19.2 Å². The Labute approximate surface area is 93.8 Å². The number of aromatic hydroxyl groups is 1. The van der Waals surface area contributed by atoms with Crippen molar-refractivity contribution in [3.63, 3.8) is 0 Å². The van der Waals surface area contributed by atoms with Crippen LogP contribution in [0.2, 0.25) is 0 Å². The highest BCUT2D eigenvalue weighted by Gasteiger charge is 2.17. The van der Waals surface area contributed by atoms with Crippen molar-refractivity contribution in [2.75, 3.05) is 7.11 Å². The lowest BCUT2D eigenvalue weighted by molar-refractivity contribution is 0.0695. The molecule has 2 N–H and O–H groups in total. The largest absolute Gasteiger partial charge is 0.504 e. The van der Waals surface area contributed by atoms with Gasteiger partial charge in [-0.15, -0.1) is 0 Å². The van der Waals surface area contributed by atoms with Crippen molar-refractivity contribution in [3.8, 4) is 11.5 Å². The first kappa shape index (κ1) is 12.1. The van der Waals surface area contributed by atoms with E-state index in [1.54, 1.807) is 6.92 Å². The van der Waals surface area contributed by atoms with Gasteiger partial charge in [-0.2, -0.15) is 0 Å². The molecule has 4 heteroatoms. The summed E-state index contributed by atoms with van der Waals surface area (Å²) in [5.74, 6) is -0.944. The Bertz CT molecular complexity index is 435. The highest BCUT2D eigenvalue weighted by Crippen LogP contribution is 2.33. The summed E-state index contributed by atoms with van der Waals surface area (Å²) < 4.78 is 4.93. The standard InChI is InChI=1S/C12H14O4/c1-7(2)6-9-8(12(14)15)4-5-10(16-3)11(9)13/h4-5,13H,1,6H2,2-3H3,(H,14,15). The van der Waals surface area contributed by atoms with E-state index < -0.39 is 5.97 Å². The fourth-order valence-electron chi connectivity index (χ4n) is 1.46. The van der Waals surface area contributed by atoms with E-state index in [0.717, 1.165) is 5.57 Å². The van der Waals surface area contributed by atoms with Gasteiger partial charge in [-0.3, -0.25) is 0 Å². The summed E-state index contributed by atoms with van der Waals surface area (Å²) in [6, 6.07) is 2.85. The number of aromatic carboxylic acids is 1. The lowest BCUT2D eigenvalue weighted by Gasteiger charge is -2.11. The lowest BCUT2D eigenvalue weighted by atomic mass is 9.99. The lowest BCUT2D eigenvalue weighted by Crippen LogP contribution is -2.04. The maximum Gasteiger partial charge on any atom is 0.336 e. The first-order chi connectivity index (χ1) is 7.47. The number of hydrogen-bond acceptors (Lipinski definition) is 3. The van der Waals surface area contributed by atoms with Crippen LogP contribution in [0, 0.1) is 0 Å². The maximum atomic E-state index is 11.0. The van der Waals surface area contributed by atoms with Gasteiger partial charge in [0.2, 0.25) is 0 Å². The quantitative estimate of drug-likeness (QED) is 0.766. The Morgan fingerprint density at radius 1 is 1.50 bits per heavy atom. The van der Waals surface area contributed by atoms with Crippen LogP contribution >= 0.6 is 0 Å². The van der Waals surface area contributed by atoms with Crippen molar-refractivity contribution in [1.29, 1.82) is 0 Å². The van der Waals surface area contributed by atoms with Crippen LogP contribution in [0.15, 0.2) is 24.3 Å². The molecular formula is C12H14O4. The average molecular weight is 222 g/mol. The summed E-state index contributed by atoms with van der Waals surface area (Å²) in [5, 5.41) is 18.8. The van der Waals surface area contributed by atoms with Crippen LogP contribution in [0.4, 0.5) is 0 Å².